The van der Waals surface area contributed by atoms with E-state index in [1.807, 2.05) is 44.2 Å². The zero-order chi connectivity index (χ0) is 30.9. The summed E-state index contributed by atoms with van der Waals surface area (Å²) in [6.45, 7) is 3.29. The summed E-state index contributed by atoms with van der Waals surface area (Å²) in [5.41, 5.74) is 1.68. The second-order valence-corrected chi connectivity index (χ2v) is 12.3. The van der Waals surface area contributed by atoms with Crippen LogP contribution in [0.15, 0.2) is 72.8 Å². The van der Waals surface area contributed by atoms with Gasteiger partial charge in [0.05, 0.1) is 26.2 Å². The number of nitrogens with zero attached hydrogens (tertiary/aromatic N) is 2. The number of nitrogens with one attached hydrogen (secondary N) is 1. The first kappa shape index (κ1) is 32.8. The molecule has 9 nitrogen and oxygen atoms in total. The van der Waals surface area contributed by atoms with E-state index in [1.165, 1.54) is 25.2 Å². The van der Waals surface area contributed by atoms with Crippen molar-refractivity contribution in [3.8, 4) is 11.5 Å². The van der Waals surface area contributed by atoms with Gasteiger partial charge < -0.3 is 19.7 Å². The number of halogens is 1. The van der Waals surface area contributed by atoms with Crippen molar-refractivity contribution in [2.45, 2.75) is 45.3 Å². The Balaban J connectivity index is 2.11. The molecule has 0 radical (unpaired) electrons. The smallest absolute Gasteiger partial charge is 0.244 e. The molecule has 0 fully saturated rings. The maximum atomic E-state index is 14.2. The summed E-state index contributed by atoms with van der Waals surface area (Å²) in [6, 6.07) is 20.0. The number of carbonyl (C=O) groups is 2. The molecule has 3 rings (SSSR count). The SMILES string of the molecule is CC[C@@H](C)NC(=O)[C@H](Cc1ccccc1)N(Cc1cccc(Cl)c1)C(=O)CN(c1cc(OC)ccc1OC)S(C)(=O)=O. The van der Waals surface area contributed by atoms with Crippen LogP contribution in [0.1, 0.15) is 31.4 Å². The van der Waals surface area contributed by atoms with E-state index in [9.17, 15) is 18.0 Å². The van der Waals surface area contributed by atoms with Crippen molar-refractivity contribution >= 4 is 39.1 Å². The Hall–Kier alpha value is -3.76. The van der Waals surface area contributed by atoms with E-state index in [0.717, 1.165) is 16.1 Å². The van der Waals surface area contributed by atoms with Gasteiger partial charge in [0.25, 0.3) is 0 Å². The molecule has 3 aromatic rings. The lowest BCUT2D eigenvalue weighted by Crippen LogP contribution is -2.54. The quantitative estimate of drug-likeness (QED) is 0.282. The molecular formula is C31H38ClN3O6S. The van der Waals surface area contributed by atoms with Crippen LogP contribution in [0.2, 0.25) is 5.02 Å². The number of ether oxygens (including phenoxy) is 2. The van der Waals surface area contributed by atoms with E-state index in [-0.39, 0.29) is 36.4 Å². The molecule has 0 aliphatic rings. The fourth-order valence-electron chi connectivity index (χ4n) is 4.41. The predicted molar refractivity (Wildman–Crippen MR) is 166 cm³/mol. The topological polar surface area (TPSA) is 105 Å². The molecule has 0 bridgehead atoms. The van der Waals surface area contributed by atoms with Crippen LogP contribution >= 0.6 is 11.6 Å². The van der Waals surface area contributed by atoms with E-state index in [2.05, 4.69) is 5.32 Å². The summed E-state index contributed by atoms with van der Waals surface area (Å²) in [5.74, 6) is -0.290. The monoisotopic (exact) mass is 615 g/mol. The Morgan fingerprint density at radius 1 is 0.952 bits per heavy atom. The van der Waals surface area contributed by atoms with E-state index < -0.39 is 28.5 Å². The third kappa shape index (κ3) is 8.87. The Morgan fingerprint density at radius 3 is 2.24 bits per heavy atom. The molecular weight excluding hydrogens is 578 g/mol. The van der Waals surface area contributed by atoms with E-state index in [0.29, 0.717) is 22.8 Å². The van der Waals surface area contributed by atoms with Gasteiger partial charge in [0, 0.05) is 30.1 Å². The molecule has 0 aromatic heterocycles. The van der Waals surface area contributed by atoms with Gasteiger partial charge in [-0.25, -0.2) is 8.42 Å². The van der Waals surface area contributed by atoms with Gasteiger partial charge in [0.1, 0.15) is 24.1 Å². The number of hydrogen-bond acceptors (Lipinski definition) is 6. The fraction of sp³-hybridized carbons (Fsp3) is 0.355. The van der Waals surface area contributed by atoms with Gasteiger partial charge in [-0.2, -0.15) is 0 Å². The second kappa shape index (κ2) is 14.9. The largest absolute Gasteiger partial charge is 0.497 e. The molecule has 11 heteroatoms. The first-order valence-electron chi connectivity index (χ1n) is 13.5. The molecule has 0 unspecified atom stereocenters. The highest BCUT2D eigenvalue weighted by Gasteiger charge is 2.34. The lowest BCUT2D eigenvalue weighted by atomic mass is 10.0. The van der Waals surface area contributed by atoms with Crippen LogP contribution in [-0.2, 0) is 32.6 Å². The molecule has 0 saturated heterocycles. The molecule has 3 aromatic carbocycles. The van der Waals surface area contributed by atoms with Crippen molar-refractivity contribution < 1.29 is 27.5 Å². The number of hydrogen-bond donors (Lipinski definition) is 1. The summed E-state index contributed by atoms with van der Waals surface area (Å²) in [6.07, 6.45) is 1.93. The van der Waals surface area contributed by atoms with E-state index in [1.54, 1.807) is 36.4 Å². The summed E-state index contributed by atoms with van der Waals surface area (Å²) in [7, 11) is -1.12. The van der Waals surface area contributed by atoms with Crippen molar-refractivity contribution in [2.24, 2.45) is 0 Å². The molecule has 226 valence electrons. The minimum absolute atomic E-state index is 0.0255. The highest BCUT2D eigenvalue weighted by molar-refractivity contribution is 7.92. The van der Waals surface area contributed by atoms with Crippen LogP contribution in [0, 0.1) is 0 Å². The molecule has 0 saturated carbocycles. The Labute approximate surface area is 253 Å². The highest BCUT2D eigenvalue weighted by atomic mass is 35.5. The number of sulfonamides is 1. The van der Waals surface area contributed by atoms with Gasteiger partial charge in [-0.15, -0.1) is 0 Å². The average molecular weight is 616 g/mol. The standard InChI is InChI=1S/C31H38ClN3O6S/c1-6-22(2)33-31(37)28(18-23-11-8-7-9-12-23)34(20-24-13-10-14-25(32)17-24)30(36)21-35(42(5,38)39)27-19-26(40-3)15-16-29(27)41-4/h7-17,19,22,28H,6,18,20-21H2,1-5H3,(H,33,37)/t22-,28+/m1/s1. The highest BCUT2D eigenvalue weighted by Crippen LogP contribution is 2.34. The summed E-state index contributed by atoms with van der Waals surface area (Å²) < 4.78 is 37.9. The van der Waals surface area contributed by atoms with Crippen molar-refractivity contribution in [3.63, 3.8) is 0 Å². The van der Waals surface area contributed by atoms with Crippen molar-refractivity contribution in [3.05, 3.63) is 88.9 Å². The number of amides is 2. The molecule has 2 amide bonds. The van der Waals surface area contributed by atoms with Crippen molar-refractivity contribution in [1.29, 1.82) is 0 Å². The maximum absolute atomic E-state index is 14.2. The van der Waals surface area contributed by atoms with Crippen LogP contribution in [0.5, 0.6) is 11.5 Å². The lowest BCUT2D eigenvalue weighted by molar-refractivity contribution is -0.140. The average Bonchev–Trinajstić information content (AvgIpc) is 2.97. The zero-order valence-electron chi connectivity index (χ0n) is 24.5. The van der Waals surface area contributed by atoms with Crippen molar-refractivity contribution in [1.82, 2.24) is 10.2 Å². The minimum Gasteiger partial charge on any atom is -0.497 e. The summed E-state index contributed by atoms with van der Waals surface area (Å²) >= 11 is 6.26. The van der Waals surface area contributed by atoms with Crippen LogP contribution < -0.4 is 19.1 Å². The van der Waals surface area contributed by atoms with Gasteiger partial charge in [0.2, 0.25) is 21.8 Å². The van der Waals surface area contributed by atoms with E-state index >= 15 is 0 Å². The summed E-state index contributed by atoms with van der Waals surface area (Å²) in [4.78, 5) is 29.4. The molecule has 1 N–H and O–H groups in total. The van der Waals surface area contributed by atoms with Gasteiger partial charge >= 0.3 is 0 Å². The normalized spacial score (nSPS) is 12.6. The van der Waals surface area contributed by atoms with Crippen LogP contribution in [0.4, 0.5) is 5.69 Å². The first-order chi connectivity index (χ1) is 20.0. The number of carbonyl (C=O) groups excluding carboxylic acids is 2. The molecule has 0 spiro atoms. The molecule has 0 heterocycles. The summed E-state index contributed by atoms with van der Waals surface area (Å²) in [5, 5.41) is 3.48. The van der Waals surface area contributed by atoms with Crippen LogP contribution in [-0.4, -0.2) is 64.2 Å². The van der Waals surface area contributed by atoms with Crippen molar-refractivity contribution in [2.75, 3.05) is 31.3 Å². The number of benzene rings is 3. The Morgan fingerprint density at radius 2 is 1.64 bits per heavy atom. The third-order valence-electron chi connectivity index (χ3n) is 6.85. The Kier molecular flexibility index (Phi) is 11.6. The minimum atomic E-state index is -3.98. The molecule has 0 aliphatic carbocycles. The predicted octanol–water partition coefficient (Wildman–Crippen LogP) is 4.68. The van der Waals surface area contributed by atoms with Gasteiger partial charge in [-0.05, 0) is 48.7 Å². The Bertz CT molecular complexity index is 1470. The van der Waals surface area contributed by atoms with E-state index in [4.69, 9.17) is 21.1 Å². The molecule has 42 heavy (non-hydrogen) atoms. The number of anilines is 1. The molecule has 0 aliphatic heterocycles. The second-order valence-electron chi connectivity index (χ2n) is 9.98. The van der Waals surface area contributed by atoms with Crippen LogP contribution in [0.25, 0.3) is 0 Å². The molecule has 2 atom stereocenters. The van der Waals surface area contributed by atoms with Gasteiger partial charge in [-0.3, -0.25) is 13.9 Å². The maximum Gasteiger partial charge on any atom is 0.244 e. The zero-order valence-corrected chi connectivity index (χ0v) is 26.1. The lowest BCUT2D eigenvalue weighted by Gasteiger charge is -2.34. The van der Waals surface area contributed by atoms with Crippen LogP contribution in [0.3, 0.4) is 0 Å². The van der Waals surface area contributed by atoms with Gasteiger partial charge in [-0.1, -0.05) is 61.0 Å². The third-order valence-corrected chi connectivity index (χ3v) is 8.21. The first-order valence-corrected chi connectivity index (χ1v) is 15.8. The number of rotatable bonds is 14. The number of methoxy groups -OCH3 is 2. The van der Waals surface area contributed by atoms with Gasteiger partial charge in [0.15, 0.2) is 0 Å². The fourth-order valence-corrected chi connectivity index (χ4v) is 5.47.